The van der Waals surface area contributed by atoms with Crippen molar-refractivity contribution in [1.29, 1.82) is 0 Å². The van der Waals surface area contributed by atoms with Crippen molar-refractivity contribution in [1.82, 2.24) is 4.98 Å². The van der Waals surface area contributed by atoms with Gasteiger partial charge in [0.1, 0.15) is 0 Å². The quantitative estimate of drug-likeness (QED) is 0.655. The molecule has 138 valence electrons. The third-order valence-electron chi connectivity index (χ3n) is 4.38. The van der Waals surface area contributed by atoms with Crippen LogP contribution in [-0.4, -0.2) is 10.9 Å². The summed E-state index contributed by atoms with van der Waals surface area (Å²) < 4.78 is 0. The van der Waals surface area contributed by atoms with Crippen LogP contribution in [0.1, 0.15) is 42.3 Å². The van der Waals surface area contributed by atoms with E-state index in [0.717, 1.165) is 16.9 Å². The maximum Gasteiger partial charge on any atom is 0.255 e. The number of carbonyl (C=O) groups excluding carboxylic acids is 1. The van der Waals surface area contributed by atoms with Crippen LogP contribution in [0.15, 0.2) is 73.1 Å². The molecular formula is C23H25N3O. The Hall–Kier alpha value is -3.14. The molecule has 4 heteroatoms. The molecule has 2 aromatic carbocycles. The number of hydrogen-bond donors (Lipinski definition) is 2. The number of rotatable bonds is 5. The maximum absolute atomic E-state index is 12.4. The molecule has 0 aliphatic rings. The molecule has 27 heavy (non-hydrogen) atoms. The highest BCUT2D eigenvalue weighted by Crippen LogP contribution is 2.22. The molecule has 0 aliphatic carbocycles. The van der Waals surface area contributed by atoms with Gasteiger partial charge in [-0.05, 0) is 59.0 Å². The van der Waals surface area contributed by atoms with Gasteiger partial charge in [-0.2, -0.15) is 0 Å². The number of pyridine rings is 1. The summed E-state index contributed by atoms with van der Waals surface area (Å²) in [5, 5.41) is 6.28. The summed E-state index contributed by atoms with van der Waals surface area (Å²) in [7, 11) is 0. The first-order chi connectivity index (χ1) is 12.9. The van der Waals surface area contributed by atoms with Crippen LogP contribution in [0.2, 0.25) is 0 Å². The van der Waals surface area contributed by atoms with E-state index >= 15 is 0 Å². The van der Waals surface area contributed by atoms with E-state index in [2.05, 4.69) is 36.4 Å². The molecular weight excluding hydrogens is 334 g/mol. The molecule has 1 heterocycles. The highest BCUT2D eigenvalue weighted by molar-refractivity contribution is 6.04. The number of benzene rings is 2. The monoisotopic (exact) mass is 359 g/mol. The van der Waals surface area contributed by atoms with Gasteiger partial charge in [-0.15, -0.1) is 0 Å². The predicted molar refractivity (Wildman–Crippen MR) is 111 cm³/mol. The van der Waals surface area contributed by atoms with Crippen LogP contribution in [-0.2, 0) is 12.0 Å². The molecule has 0 saturated heterocycles. The van der Waals surface area contributed by atoms with E-state index in [-0.39, 0.29) is 11.3 Å². The molecule has 2 N–H and O–H groups in total. The predicted octanol–water partition coefficient (Wildman–Crippen LogP) is 5.24. The van der Waals surface area contributed by atoms with Crippen LogP contribution in [0.4, 0.5) is 11.4 Å². The van der Waals surface area contributed by atoms with Crippen LogP contribution in [0.25, 0.3) is 0 Å². The summed E-state index contributed by atoms with van der Waals surface area (Å²) in [6.07, 6.45) is 3.60. The SMILES string of the molecule is CC(C)(C)c1ccc(C(=O)Nc2ccc(NCc3cccnc3)cc2)cc1. The minimum absolute atomic E-state index is 0.0770. The van der Waals surface area contributed by atoms with Gasteiger partial charge in [0.15, 0.2) is 0 Å². The smallest absolute Gasteiger partial charge is 0.255 e. The number of amides is 1. The molecule has 3 rings (SSSR count). The van der Waals surface area contributed by atoms with Gasteiger partial charge in [0.05, 0.1) is 0 Å². The van der Waals surface area contributed by atoms with Crippen molar-refractivity contribution >= 4 is 17.3 Å². The van der Waals surface area contributed by atoms with Gasteiger partial charge in [0.2, 0.25) is 0 Å². The third kappa shape index (κ3) is 5.17. The van der Waals surface area contributed by atoms with Gasteiger partial charge in [0.25, 0.3) is 5.91 Å². The zero-order valence-corrected chi connectivity index (χ0v) is 16.0. The molecule has 0 atom stereocenters. The summed E-state index contributed by atoms with van der Waals surface area (Å²) in [6.45, 7) is 7.18. The summed E-state index contributed by atoms with van der Waals surface area (Å²) in [5.41, 5.74) is 4.82. The van der Waals surface area contributed by atoms with Crippen LogP contribution < -0.4 is 10.6 Å². The Balaban J connectivity index is 1.58. The molecule has 1 amide bonds. The molecule has 1 aromatic heterocycles. The van der Waals surface area contributed by atoms with E-state index in [4.69, 9.17) is 0 Å². The fourth-order valence-corrected chi connectivity index (χ4v) is 2.70. The van der Waals surface area contributed by atoms with Crippen molar-refractivity contribution in [2.75, 3.05) is 10.6 Å². The van der Waals surface area contributed by atoms with Crippen molar-refractivity contribution in [2.45, 2.75) is 32.7 Å². The average Bonchev–Trinajstić information content (AvgIpc) is 2.68. The van der Waals surface area contributed by atoms with Gasteiger partial charge < -0.3 is 10.6 Å². The molecule has 3 aromatic rings. The van der Waals surface area contributed by atoms with Crippen molar-refractivity contribution in [3.8, 4) is 0 Å². The fourth-order valence-electron chi connectivity index (χ4n) is 2.70. The number of aromatic nitrogens is 1. The lowest BCUT2D eigenvalue weighted by Gasteiger charge is -2.19. The van der Waals surface area contributed by atoms with Gasteiger partial charge in [-0.1, -0.05) is 39.0 Å². The fraction of sp³-hybridized carbons (Fsp3) is 0.217. The van der Waals surface area contributed by atoms with Gasteiger partial charge in [-0.25, -0.2) is 0 Å². The maximum atomic E-state index is 12.4. The number of anilines is 2. The van der Waals surface area contributed by atoms with Crippen LogP contribution >= 0.6 is 0 Å². The van der Waals surface area contributed by atoms with Crippen LogP contribution in [0.3, 0.4) is 0 Å². The van der Waals surface area contributed by atoms with E-state index in [0.29, 0.717) is 12.1 Å². The number of nitrogens with zero attached hydrogens (tertiary/aromatic N) is 1. The Morgan fingerprint density at radius 1 is 0.926 bits per heavy atom. The molecule has 0 bridgehead atoms. The third-order valence-corrected chi connectivity index (χ3v) is 4.38. The van der Waals surface area contributed by atoms with Crippen LogP contribution in [0, 0.1) is 0 Å². The Morgan fingerprint density at radius 2 is 1.59 bits per heavy atom. The topological polar surface area (TPSA) is 54.0 Å². The Bertz CT molecular complexity index is 880. The largest absolute Gasteiger partial charge is 0.381 e. The zero-order valence-electron chi connectivity index (χ0n) is 16.0. The second-order valence-corrected chi connectivity index (χ2v) is 7.57. The first kappa shape index (κ1) is 18.6. The highest BCUT2D eigenvalue weighted by Gasteiger charge is 2.14. The number of hydrogen-bond acceptors (Lipinski definition) is 3. The average molecular weight is 359 g/mol. The number of carbonyl (C=O) groups is 1. The molecule has 0 aliphatic heterocycles. The minimum atomic E-state index is -0.105. The van der Waals surface area contributed by atoms with Crippen molar-refractivity contribution in [3.63, 3.8) is 0 Å². The summed E-state index contributed by atoms with van der Waals surface area (Å²) in [5.74, 6) is -0.105. The first-order valence-corrected chi connectivity index (χ1v) is 9.06. The van der Waals surface area contributed by atoms with Crippen LogP contribution in [0.5, 0.6) is 0 Å². The van der Waals surface area contributed by atoms with Crippen molar-refractivity contribution in [2.24, 2.45) is 0 Å². The standard InChI is InChI=1S/C23H25N3O/c1-23(2,3)19-8-6-18(7-9-19)22(27)26-21-12-10-20(11-13-21)25-16-17-5-4-14-24-15-17/h4-15,25H,16H2,1-3H3,(H,26,27). The Kier molecular flexibility index (Phi) is 5.55. The Labute approximate surface area is 160 Å². The van der Waals surface area contributed by atoms with E-state index in [1.54, 1.807) is 6.20 Å². The lowest BCUT2D eigenvalue weighted by atomic mass is 9.87. The number of nitrogens with one attached hydrogen (secondary N) is 2. The lowest BCUT2D eigenvalue weighted by Crippen LogP contribution is -2.14. The summed E-state index contributed by atoms with van der Waals surface area (Å²) in [6, 6.07) is 19.4. The second kappa shape index (κ2) is 8.04. The molecule has 0 radical (unpaired) electrons. The molecule has 4 nitrogen and oxygen atoms in total. The van der Waals surface area contributed by atoms with E-state index < -0.39 is 0 Å². The van der Waals surface area contributed by atoms with Gasteiger partial charge >= 0.3 is 0 Å². The lowest BCUT2D eigenvalue weighted by molar-refractivity contribution is 0.102. The van der Waals surface area contributed by atoms with E-state index in [1.807, 2.05) is 66.9 Å². The summed E-state index contributed by atoms with van der Waals surface area (Å²) in [4.78, 5) is 16.5. The minimum Gasteiger partial charge on any atom is -0.381 e. The zero-order chi connectivity index (χ0) is 19.3. The summed E-state index contributed by atoms with van der Waals surface area (Å²) >= 11 is 0. The van der Waals surface area contributed by atoms with Crippen molar-refractivity contribution in [3.05, 3.63) is 89.7 Å². The Morgan fingerprint density at radius 3 is 2.19 bits per heavy atom. The first-order valence-electron chi connectivity index (χ1n) is 9.06. The van der Waals surface area contributed by atoms with Gasteiger partial charge in [-0.3, -0.25) is 9.78 Å². The molecule has 0 saturated carbocycles. The van der Waals surface area contributed by atoms with Gasteiger partial charge in [0, 0.05) is 35.9 Å². The second-order valence-electron chi connectivity index (χ2n) is 7.57. The highest BCUT2D eigenvalue weighted by atomic mass is 16.1. The normalized spacial score (nSPS) is 11.1. The molecule has 0 fully saturated rings. The molecule has 0 unspecified atom stereocenters. The van der Waals surface area contributed by atoms with E-state index in [9.17, 15) is 4.79 Å². The van der Waals surface area contributed by atoms with Crippen molar-refractivity contribution < 1.29 is 4.79 Å². The molecule has 0 spiro atoms. The van der Waals surface area contributed by atoms with E-state index in [1.165, 1.54) is 5.56 Å².